The molecule has 0 bridgehead atoms. The van der Waals surface area contributed by atoms with Gasteiger partial charge in [-0.2, -0.15) is 0 Å². The Morgan fingerprint density at radius 1 is 1.39 bits per heavy atom. The molecule has 18 heavy (non-hydrogen) atoms. The van der Waals surface area contributed by atoms with Crippen LogP contribution in [-0.2, 0) is 0 Å². The Balaban J connectivity index is 1.68. The lowest BCUT2D eigenvalue weighted by Crippen LogP contribution is -2.56. The van der Waals surface area contributed by atoms with E-state index in [-0.39, 0.29) is 5.91 Å². The van der Waals surface area contributed by atoms with Crippen LogP contribution in [0.25, 0.3) is 0 Å². The number of carbonyl (C=O) groups excluding carboxylic acids is 1. The summed E-state index contributed by atoms with van der Waals surface area (Å²) in [7, 11) is 0. The maximum Gasteiger partial charge on any atom is 0.273 e. The third kappa shape index (κ3) is 2.29. The molecule has 1 aromatic heterocycles. The highest BCUT2D eigenvalue weighted by Gasteiger charge is 2.31. The SMILES string of the molecule is Cc1nc(C(=O)N2CCN3CCCC[C@H]3C2)cs1. The molecular formula is C13H19N3OS. The minimum absolute atomic E-state index is 0.115. The van der Waals surface area contributed by atoms with Gasteiger partial charge in [-0.25, -0.2) is 4.98 Å². The summed E-state index contributed by atoms with van der Waals surface area (Å²) in [6.07, 6.45) is 3.86. The van der Waals surface area contributed by atoms with Crippen LogP contribution >= 0.6 is 11.3 Å². The van der Waals surface area contributed by atoms with E-state index in [1.165, 1.54) is 25.8 Å². The predicted molar refractivity (Wildman–Crippen MR) is 72.0 cm³/mol. The van der Waals surface area contributed by atoms with Gasteiger partial charge in [-0.05, 0) is 26.3 Å². The molecule has 1 atom stereocenters. The van der Waals surface area contributed by atoms with Crippen molar-refractivity contribution in [3.05, 3.63) is 16.1 Å². The molecule has 2 fully saturated rings. The number of thiazole rings is 1. The molecule has 3 rings (SSSR count). The van der Waals surface area contributed by atoms with Crippen molar-refractivity contribution in [2.45, 2.75) is 32.2 Å². The zero-order valence-electron chi connectivity index (χ0n) is 10.8. The Morgan fingerprint density at radius 2 is 2.28 bits per heavy atom. The van der Waals surface area contributed by atoms with Gasteiger partial charge in [-0.1, -0.05) is 6.42 Å². The van der Waals surface area contributed by atoms with E-state index in [1.807, 2.05) is 17.2 Å². The molecule has 0 spiro atoms. The third-order valence-electron chi connectivity index (χ3n) is 3.96. The minimum atomic E-state index is 0.115. The summed E-state index contributed by atoms with van der Waals surface area (Å²) in [5, 5.41) is 2.85. The van der Waals surface area contributed by atoms with Gasteiger partial charge in [0.2, 0.25) is 0 Å². The van der Waals surface area contributed by atoms with E-state index in [4.69, 9.17) is 0 Å². The number of amides is 1. The Hall–Kier alpha value is -0.940. The molecule has 1 amide bonds. The summed E-state index contributed by atoms with van der Waals surface area (Å²) in [6, 6.07) is 0.580. The lowest BCUT2D eigenvalue weighted by molar-refractivity contribution is 0.0369. The summed E-state index contributed by atoms with van der Waals surface area (Å²) in [5.74, 6) is 0.115. The average molecular weight is 265 g/mol. The number of fused-ring (bicyclic) bond motifs is 1. The molecule has 2 aliphatic rings. The van der Waals surface area contributed by atoms with Crippen LogP contribution in [-0.4, -0.2) is 52.9 Å². The molecule has 4 nitrogen and oxygen atoms in total. The van der Waals surface area contributed by atoms with Crippen LogP contribution in [0.5, 0.6) is 0 Å². The molecule has 2 saturated heterocycles. The van der Waals surface area contributed by atoms with Gasteiger partial charge in [0.15, 0.2) is 0 Å². The van der Waals surface area contributed by atoms with Crippen molar-refractivity contribution in [1.82, 2.24) is 14.8 Å². The fraction of sp³-hybridized carbons (Fsp3) is 0.692. The lowest BCUT2D eigenvalue weighted by atomic mass is 9.99. The number of hydrogen-bond acceptors (Lipinski definition) is 4. The van der Waals surface area contributed by atoms with E-state index in [1.54, 1.807) is 11.3 Å². The van der Waals surface area contributed by atoms with E-state index in [9.17, 15) is 4.79 Å². The second-order valence-electron chi connectivity index (χ2n) is 5.19. The Labute approximate surface area is 112 Å². The minimum Gasteiger partial charge on any atom is -0.334 e. The quantitative estimate of drug-likeness (QED) is 0.776. The highest BCUT2D eigenvalue weighted by molar-refractivity contribution is 7.09. The number of carbonyl (C=O) groups is 1. The van der Waals surface area contributed by atoms with Crippen molar-refractivity contribution >= 4 is 17.2 Å². The zero-order chi connectivity index (χ0) is 12.5. The van der Waals surface area contributed by atoms with Crippen LogP contribution in [0.1, 0.15) is 34.8 Å². The van der Waals surface area contributed by atoms with Crippen LogP contribution in [0.3, 0.4) is 0 Å². The van der Waals surface area contributed by atoms with Crippen molar-refractivity contribution in [1.29, 1.82) is 0 Å². The van der Waals surface area contributed by atoms with Crippen molar-refractivity contribution < 1.29 is 4.79 Å². The molecule has 0 saturated carbocycles. The summed E-state index contributed by atoms with van der Waals surface area (Å²) >= 11 is 1.55. The molecule has 5 heteroatoms. The molecular weight excluding hydrogens is 246 g/mol. The monoisotopic (exact) mass is 265 g/mol. The zero-order valence-corrected chi connectivity index (χ0v) is 11.6. The number of nitrogens with zero attached hydrogens (tertiary/aromatic N) is 3. The van der Waals surface area contributed by atoms with Crippen molar-refractivity contribution in [2.75, 3.05) is 26.2 Å². The number of hydrogen-bond donors (Lipinski definition) is 0. The first kappa shape index (κ1) is 12.1. The topological polar surface area (TPSA) is 36.4 Å². The number of piperidine rings is 1. The molecule has 98 valence electrons. The number of aromatic nitrogens is 1. The predicted octanol–water partition coefficient (Wildman–Crippen LogP) is 1.76. The highest BCUT2D eigenvalue weighted by atomic mass is 32.1. The fourth-order valence-corrected chi connectivity index (χ4v) is 3.55. The van der Waals surface area contributed by atoms with Crippen LogP contribution < -0.4 is 0 Å². The van der Waals surface area contributed by atoms with Gasteiger partial charge >= 0.3 is 0 Å². The van der Waals surface area contributed by atoms with E-state index in [0.717, 1.165) is 24.6 Å². The summed E-state index contributed by atoms with van der Waals surface area (Å²) in [5.41, 5.74) is 0.627. The molecule has 0 aliphatic carbocycles. The van der Waals surface area contributed by atoms with Crippen LogP contribution in [0.2, 0.25) is 0 Å². The van der Waals surface area contributed by atoms with Gasteiger partial charge in [0.25, 0.3) is 5.91 Å². The second kappa shape index (κ2) is 4.97. The van der Waals surface area contributed by atoms with Crippen LogP contribution in [0.15, 0.2) is 5.38 Å². The number of rotatable bonds is 1. The van der Waals surface area contributed by atoms with Gasteiger partial charge in [0, 0.05) is 31.1 Å². The maximum atomic E-state index is 12.3. The first-order valence-corrected chi connectivity index (χ1v) is 7.57. The highest BCUT2D eigenvalue weighted by Crippen LogP contribution is 2.22. The first-order chi connectivity index (χ1) is 8.74. The van der Waals surface area contributed by atoms with Crippen molar-refractivity contribution in [2.24, 2.45) is 0 Å². The Kier molecular flexibility index (Phi) is 3.35. The van der Waals surface area contributed by atoms with E-state index < -0.39 is 0 Å². The van der Waals surface area contributed by atoms with E-state index in [2.05, 4.69) is 9.88 Å². The maximum absolute atomic E-state index is 12.3. The average Bonchev–Trinajstić information content (AvgIpc) is 2.84. The number of piperazine rings is 1. The molecule has 0 unspecified atom stereocenters. The molecule has 0 radical (unpaired) electrons. The number of aryl methyl sites for hydroxylation is 1. The fourth-order valence-electron chi connectivity index (χ4n) is 2.96. The smallest absolute Gasteiger partial charge is 0.273 e. The van der Waals surface area contributed by atoms with Gasteiger partial charge in [0.1, 0.15) is 5.69 Å². The molecule has 3 heterocycles. The summed E-state index contributed by atoms with van der Waals surface area (Å²) < 4.78 is 0. The lowest BCUT2D eigenvalue weighted by Gasteiger charge is -2.43. The van der Waals surface area contributed by atoms with Crippen LogP contribution in [0.4, 0.5) is 0 Å². The van der Waals surface area contributed by atoms with Gasteiger partial charge in [0.05, 0.1) is 5.01 Å². The summed E-state index contributed by atoms with van der Waals surface area (Å²) in [4.78, 5) is 21.2. The first-order valence-electron chi connectivity index (χ1n) is 6.69. The standard InChI is InChI=1S/C13H19N3OS/c1-10-14-12(9-18-10)13(17)16-7-6-15-5-3-2-4-11(15)8-16/h9,11H,2-8H2,1H3/t11-/m0/s1. The largest absolute Gasteiger partial charge is 0.334 e. The molecule has 0 N–H and O–H groups in total. The van der Waals surface area contributed by atoms with Gasteiger partial charge in [-0.15, -0.1) is 11.3 Å². The van der Waals surface area contributed by atoms with Crippen molar-refractivity contribution in [3.8, 4) is 0 Å². The Bertz CT molecular complexity index is 445. The van der Waals surface area contributed by atoms with Gasteiger partial charge < -0.3 is 4.90 Å². The molecule has 2 aliphatic heterocycles. The second-order valence-corrected chi connectivity index (χ2v) is 6.25. The molecule has 0 aromatic carbocycles. The normalized spacial score (nSPS) is 24.9. The van der Waals surface area contributed by atoms with Crippen molar-refractivity contribution in [3.63, 3.8) is 0 Å². The van der Waals surface area contributed by atoms with Gasteiger partial charge in [-0.3, -0.25) is 9.69 Å². The Morgan fingerprint density at radius 3 is 3.06 bits per heavy atom. The van der Waals surface area contributed by atoms with E-state index >= 15 is 0 Å². The third-order valence-corrected chi connectivity index (χ3v) is 4.74. The molecule has 1 aromatic rings. The summed E-state index contributed by atoms with van der Waals surface area (Å²) in [6.45, 7) is 5.92. The van der Waals surface area contributed by atoms with Crippen LogP contribution in [0, 0.1) is 6.92 Å². The van der Waals surface area contributed by atoms with E-state index in [0.29, 0.717) is 11.7 Å².